The molecule has 0 saturated heterocycles. The Morgan fingerprint density at radius 1 is 0.872 bits per heavy atom. The summed E-state index contributed by atoms with van der Waals surface area (Å²) in [4.78, 5) is 41.9. The SMILES string of the molecule is CCOC(=O)C1=C(N)N2C(=O)C=C(c3ccc(OCC)cc3)SC2=C(C(=O)OC)C1c1ccc(OCC)cc1. The summed E-state index contributed by atoms with van der Waals surface area (Å²) >= 11 is 1.20. The second-order valence-corrected chi connectivity index (χ2v) is 9.44. The molecule has 0 radical (unpaired) electrons. The van der Waals surface area contributed by atoms with Crippen LogP contribution in [0.2, 0.25) is 0 Å². The number of fused-ring (bicyclic) bond motifs is 1. The van der Waals surface area contributed by atoms with Crippen LogP contribution in [0.5, 0.6) is 11.5 Å². The highest BCUT2D eigenvalue weighted by Gasteiger charge is 2.45. The second kappa shape index (κ2) is 12.1. The van der Waals surface area contributed by atoms with E-state index >= 15 is 0 Å². The van der Waals surface area contributed by atoms with Crippen LogP contribution in [0.4, 0.5) is 0 Å². The lowest BCUT2D eigenvalue weighted by Crippen LogP contribution is -2.42. The number of thioether (sulfide) groups is 1. The molecule has 0 fully saturated rings. The highest BCUT2D eigenvalue weighted by atomic mass is 32.2. The zero-order valence-corrected chi connectivity index (χ0v) is 23.0. The molecule has 0 spiro atoms. The van der Waals surface area contributed by atoms with E-state index in [0.717, 1.165) is 5.56 Å². The van der Waals surface area contributed by atoms with Crippen molar-refractivity contribution in [3.63, 3.8) is 0 Å². The molecule has 1 atom stereocenters. The van der Waals surface area contributed by atoms with Crippen LogP contribution in [0.1, 0.15) is 37.8 Å². The smallest absolute Gasteiger partial charge is 0.338 e. The summed E-state index contributed by atoms with van der Waals surface area (Å²) < 4.78 is 21.6. The summed E-state index contributed by atoms with van der Waals surface area (Å²) in [5.74, 6) is -1.65. The van der Waals surface area contributed by atoms with Crippen molar-refractivity contribution in [3.8, 4) is 11.5 Å². The van der Waals surface area contributed by atoms with Crippen molar-refractivity contribution in [1.29, 1.82) is 0 Å². The fourth-order valence-electron chi connectivity index (χ4n) is 4.42. The van der Waals surface area contributed by atoms with Crippen molar-refractivity contribution < 1.29 is 33.3 Å². The minimum atomic E-state index is -0.946. The maximum absolute atomic E-state index is 13.5. The van der Waals surface area contributed by atoms with Crippen LogP contribution in [0, 0.1) is 0 Å². The average molecular weight is 551 g/mol. The van der Waals surface area contributed by atoms with Gasteiger partial charge in [0.2, 0.25) is 0 Å². The molecule has 0 aliphatic carbocycles. The van der Waals surface area contributed by atoms with E-state index in [2.05, 4.69) is 0 Å². The maximum atomic E-state index is 13.5. The zero-order valence-electron chi connectivity index (χ0n) is 22.2. The van der Waals surface area contributed by atoms with Gasteiger partial charge < -0.3 is 24.7 Å². The number of nitrogens with two attached hydrogens (primary N) is 1. The summed E-state index contributed by atoms with van der Waals surface area (Å²) in [6, 6.07) is 14.3. The molecule has 1 unspecified atom stereocenters. The van der Waals surface area contributed by atoms with Gasteiger partial charge in [0.15, 0.2) is 0 Å². The quantitative estimate of drug-likeness (QED) is 0.456. The summed E-state index contributed by atoms with van der Waals surface area (Å²) in [6.45, 7) is 6.53. The number of nitrogens with zero attached hydrogens (tertiary/aromatic N) is 1. The molecule has 2 aliphatic heterocycles. The van der Waals surface area contributed by atoms with Gasteiger partial charge in [-0.2, -0.15) is 0 Å². The zero-order chi connectivity index (χ0) is 28.1. The molecule has 204 valence electrons. The number of hydrogen-bond acceptors (Lipinski definition) is 9. The molecular weight excluding hydrogens is 520 g/mol. The number of esters is 2. The van der Waals surface area contributed by atoms with E-state index in [1.807, 2.05) is 38.1 Å². The number of rotatable bonds is 9. The summed E-state index contributed by atoms with van der Waals surface area (Å²) in [7, 11) is 1.25. The molecule has 9 nitrogen and oxygen atoms in total. The minimum Gasteiger partial charge on any atom is -0.494 e. The van der Waals surface area contributed by atoms with E-state index in [0.29, 0.717) is 35.2 Å². The van der Waals surface area contributed by atoms with Gasteiger partial charge in [0, 0.05) is 11.0 Å². The molecule has 0 aromatic heterocycles. The van der Waals surface area contributed by atoms with E-state index < -0.39 is 23.8 Å². The highest BCUT2D eigenvalue weighted by Crippen LogP contribution is 2.50. The number of methoxy groups -OCH3 is 1. The molecule has 2 N–H and O–H groups in total. The Labute approximate surface area is 231 Å². The molecule has 2 aliphatic rings. The lowest BCUT2D eigenvalue weighted by molar-refractivity contribution is -0.139. The third kappa shape index (κ3) is 5.51. The molecule has 0 saturated carbocycles. The minimum absolute atomic E-state index is 0.0166. The van der Waals surface area contributed by atoms with Crippen LogP contribution in [-0.4, -0.2) is 49.7 Å². The number of amides is 1. The predicted octanol–water partition coefficient (Wildman–Crippen LogP) is 4.32. The Morgan fingerprint density at radius 2 is 1.46 bits per heavy atom. The highest BCUT2D eigenvalue weighted by molar-refractivity contribution is 8.11. The van der Waals surface area contributed by atoms with Crippen molar-refractivity contribution >= 4 is 34.5 Å². The Morgan fingerprint density at radius 3 is 2.00 bits per heavy atom. The normalized spacial score (nSPS) is 16.9. The molecule has 2 heterocycles. The first kappa shape index (κ1) is 27.8. The first-order chi connectivity index (χ1) is 18.8. The lowest BCUT2D eigenvalue weighted by Gasteiger charge is -2.38. The average Bonchev–Trinajstić information content (AvgIpc) is 2.93. The van der Waals surface area contributed by atoms with Gasteiger partial charge in [0.05, 0.1) is 44.0 Å². The molecule has 2 aromatic rings. The maximum Gasteiger partial charge on any atom is 0.338 e. The molecular formula is C29H30N2O7S. The van der Waals surface area contributed by atoms with Gasteiger partial charge in [-0.1, -0.05) is 36.0 Å². The number of benzene rings is 2. The molecule has 39 heavy (non-hydrogen) atoms. The Bertz CT molecular complexity index is 1360. The van der Waals surface area contributed by atoms with Crippen molar-refractivity contribution in [2.45, 2.75) is 26.7 Å². The third-order valence-electron chi connectivity index (χ3n) is 6.08. The Kier molecular flexibility index (Phi) is 8.65. The predicted molar refractivity (Wildman–Crippen MR) is 147 cm³/mol. The van der Waals surface area contributed by atoms with Gasteiger partial charge >= 0.3 is 11.9 Å². The standard InChI is InChI=1S/C29H30N2O7S/c1-5-36-19-12-8-17(9-13-19)21-16-22(32)31-26(30)24(29(34)38-7-3)23(25(27(31)39-21)28(33)35-4)18-10-14-20(15-11-18)37-6-2/h8-16,23H,5-7,30H2,1-4H3. The number of carbonyl (C=O) groups is 3. The van der Waals surface area contributed by atoms with Gasteiger partial charge in [0.25, 0.3) is 5.91 Å². The van der Waals surface area contributed by atoms with Crippen molar-refractivity contribution in [2.75, 3.05) is 26.9 Å². The first-order valence-corrected chi connectivity index (χ1v) is 13.3. The number of hydrogen-bond donors (Lipinski definition) is 1. The molecule has 10 heteroatoms. The largest absolute Gasteiger partial charge is 0.494 e. The summed E-state index contributed by atoms with van der Waals surface area (Å²) in [5, 5.41) is 0.266. The summed E-state index contributed by atoms with van der Waals surface area (Å²) in [6.07, 6.45) is 1.42. The van der Waals surface area contributed by atoms with Gasteiger partial charge in [-0.25, -0.2) is 9.59 Å². The van der Waals surface area contributed by atoms with Crippen LogP contribution in [0.15, 0.2) is 76.6 Å². The molecule has 0 bridgehead atoms. The van der Waals surface area contributed by atoms with Crippen molar-refractivity contribution in [3.05, 3.63) is 87.7 Å². The fraction of sp³-hybridized carbons (Fsp3) is 0.276. The van der Waals surface area contributed by atoms with E-state index in [1.165, 1.54) is 29.8 Å². The fourth-order valence-corrected chi connectivity index (χ4v) is 5.64. The van der Waals surface area contributed by atoms with Crippen molar-refractivity contribution in [1.82, 2.24) is 4.90 Å². The second-order valence-electron chi connectivity index (χ2n) is 8.41. The van der Waals surface area contributed by atoms with Gasteiger partial charge in [-0.05, 0) is 56.2 Å². The molecule has 1 amide bonds. The van der Waals surface area contributed by atoms with Gasteiger partial charge in [-0.15, -0.1) is 0 Å². The number of carbonyl (C=O) groups excluding carboxylic acids is 3. The third-order valence-corrected chi connectivity index (χ3v) is 7.25. The monoisotopic (exact) mass is 550 g/mol. The molecule has 2 aromatic carbocycles. The van der Waals surface area contributed by atoms with Crippen LogP contribution >= 0.6 is 11.8 Å². The number of ether oxygens (including phenoxy) is 4. The van der Waals surface area contributed by atoms with Crippen LogP contribution in [-0.2, 0) is 23.9 Å². The van der Waals surface area contributed by atoms with Crippen molar-refractivity contribution in [2.24, 2.45) is 5.73 Å². The summed E-state index contributed by atoms with van der Waals surface area (Å²) in [5.41, 5.74) is 7.94. The van der Waals surface area contributed by atoms with Gasteiger partial charge in [0.1, 0.15) is 22.3 Å². The van der Waals surface area contributed by atoms with Crippen LogP contribution in [0.3, 0.4) is 0 Å². The lowest BCUT2D eigenvalue weighted by atomic mass is 9.82. The van der Waals surface area contributed by atoms with E-state index in [9.17, 15) is 14.4 Å². The van der Waals surface area contributed by atoms with Crippen LogP contribution < -0.4 is 15.2 Å². The van der Waals surface area contributed by atoms with E-state index in [-0.39, 0.29) is 28.6 Å². The Hall–Kier alpha value is -4.18. The van der Waals surface area contributed by atoms with E-state index in [1.54, 1.807) is 31.2 Å². The van der Waals surface area contributed by atoms with E-state index in [4.69, 9.17) is 24.7 Å². The topological polar surface area (TPSA) is 117 Å². The first-order valence-electron chi connectivity index (χ1n) is 12.5. The van der Waals surface area contributed by atoms with Crippen LogP contribution in [0.25, 0.3) is 4.91 Å². The van der Waals surface area contributed by atoms with Gasteiger partial charge in [-0.3, -0.25) is 9.69 Å². The Balaban J connectivity index is 1.90. The molecule has 4 rings (SSSR count).